The maximum Gasteiger partial charge on any atom is 0.323 e. The van der Waals surface area contributed by atoms with E-state index in [1.807, 2.05) is 42.5 Å². The van der Waals surface area contributed by atoms with E-state index < -0.39 is 0 Å². The first-order valence-electron chi connectivity index (χ1n) is 7.22. The van der Waals surface area contributed by atoms with Gasteiger partial charge in [0.2, 0.25) is 5.91 Å². The van der Waals surface area contributed by atoms with Gasteiger partial charge >= 0.3 is 5.69 Å². The Kier molecular flexibility index (Phi) is 4.05. The molecule has 0 saturated carbocycles. The van der Waals surface area contributed by atoms with Crippen LogP contribution in [0.2, 0.25) is 0 Å². The van der Waals surface area contributed by atoms with Gasteiger partial charge in [0, 0.05) is 6.54 Å². The van der Waals surface area contributed by atoms with E-state index in [-0.39, 0.29) is 11.6 Å². The number of imidazole rings is 1. The van der Waals surface area contributed by atoms with Crippen molar-refractivity contribution in [2.75, 3.05) is 6.54 Å². The Balaban J connectivity index is 1.55. The summed E-state index contributed by atoms with van der Waals surface area (Å²) in [5.41, 5.74) is 3.31. The molecular formula is C17H17N3O2. The molecule has 0 radical (unpaired) electrons. The van der Waals surface area contributed by atoms with Crippen molar-refractivity contribution in [1.82, 2.24) is 15.3 Å². The number of aromatic amines is 2. The van der Waals surface area contributed by atoms with Crippen molar-refractivity contribution in [2.24, 2.45) is 0 Å². The molecule has 3 aromatic rings. The molecule has 0 aliphatic carbocycles. The quantitative estimate of drug-likeness (QED) is 0.670. The third-order valence-electron chi connectivity index (χ3n) is 3.52. The van der Waals surface area contributed by atoms with E-state index in [0.717, 1.165) is 23.0 Å². The number of hydrogen-bond donors (Lipinski definition) is 3. The molecular weight excluding hydrogens is 278 g/mol. The van der Waals surface area contributed by atoms with E-state index in [4.69, 9.17) is 0 Å². The minimum absolute atomic E-state index is 0.0202. The van der Waals surface area contributed by atoms with E-state index in [1.54, 1.807) is 6.07 Å². The molecule has 5 heteroatoms. The predicted molar refractivity (Wildman–Crippen MR) is 85.8 cm³/mol. The fourth-order valence-corrected chi connectivity index (χ4v) is 2.43. The van der Waals surface area contributed by atoms with Gasteiger partial charge in [0.15, 0.2) is 0 Å². The molecule has 0 aliphatic rings. The number of rotatable bonds is 5. The summed E-state index contributed by atoms with van der Waals surface area (Å²) in [6, 6.07) is 15.5. The van der Waals surface area contributed by atoms with Gasteiger partial charge in [-0.25, -0.2) is 4.79 Å². The molecule has 112 valence electrons. The lowest BCUT2D eigenvalue weighted by Gasteiger charge is -2.05. The molecule has 22 heavy (non-hydrogen) atoms. The standard InChI is InChI=1S/C17H17N3O2/c21-16(18-9-8-12-4-2-1-3-5-12)11-13-6-7-14-15(10-13)20-17(22)19-14/h1-7,10H,8-9,11H2,(H,18,21)(H2,19,20,22). The molecule has 0 saturated heterocycles. The Bertz CT molecular complexity index is 834. The van der Waals surface area contributed by atoms with Crippen LogP contribution >= 0.6 is 0 Å². The Morgan fingerprint density at radius 2 is 1.73 bits per heavy atom. The lowest BCUT2D eigenvalue weighted by molar-refractivity contribution is -0.120. The van der Waals surface area contributed by atoms with E-state index in [0.29, 0.717) is 13.0 Å². The number of benzene rings is 2. The van der Waals surface area contributed by atoms with Crippen molar-refractivity contribution in [1.29, 1.82) is 0 Å². The highest BCUT2D eigenvalue weighted by Gasteiger charge is 2.05. The Labute approximate surface area is 127 Å². The number of hydrogen-bond acceptors (Lipinski definition) is 2. The van der Waals surface area contributed by atoms with Crippen molar-refractivity contribution in [3.63, 3.8) is 0 Å². The fraction of sp³-hybridized carbons (Fsp3) is 0.176. The van der Waals surface area contributed by atoms with Gasteiger partial charge in [0.1, 0.15) is 0 Å². The zero-order chi connectivity index (χ0) is 15.4. The summed E-state index contributed by atoms with van der Waals surface area (Å²) < 4.78 is 0. The number of H-pyrrole nitrogens is 2. The second-order valence-corrected chi connectivity index (χ2v) is 5.22. The average Bonchev–Trinajstić information content (AvgIpc) is 2.87. The molecule has 1 amide bonds. The number of amides is 1. The largest absolute Gasteiger partial charge is 0.355 e. The molecule has 3 rings (SSSR count). The molecule has 2 aromatic carbocycles. The first-order valence-corrected chi connectivity index (χ1v) is 7.22. The van der Waals surface area contributed by atoms with Crippen LogP contribution in [-0.2, 0) is 17.6 Å². The molecule has 0 unspecified atom stereocenters. The van der Waals surface area contributed by atoms with Crippen LogP contribution in [0.1, 0.15) is 11.1 Å². The molecule has 1 aromatic heterocycles. The van der Waals surface area contributed by atoms with Crippen LogP contribution in [0.4, 0.5) is 0 Å². The van der Waals surface area contributed by atoms with Crippen LogP contribution in [0, 0.1) is 0 Å². The highest BCUT2D eigenvalue weighted by atomic mass is 16.1. The zero-order valence-corrected chi connectivity index (χ0v) is 12.1. The average molecular weight is 295 g/mol. The molecule has 1 heterocycles. The lowest BCUT2D eigenvalue weighted by Crippen LogP contribution is -2.27. The highest BCUT2D eigenvalue weighted by Crippen LogP contribution is 2.10. The van der Waals surface area contributed by atoms with Crippen LogP contribution in [0.3, 0.4) is 0 Å². The summed E-state index contributed by atoms with van der Waals surface area (Å²) in [7, 11) is 0. The van der Waals surface area contributed by atoms with Crippen molar-refractivity contribution in [3.8, 4) is 0 Å². The molecule has 0 bridgehead atoms. The molecule has 0 aliphatic heterocycles. The second-order valence-electron chi connectivity index (χ2n) is 5.22. The Hall–Kier alpha value is -2.82. The van der Waals surface area contributed by atoms with Gasteiger partial charge in [-0.15, -0.1) is 0 Å². The maximum absolute atomic E-state index is 12.0. The van der Waals surface area contributed by atoms with Crippen LogP contribution in [-0.4, -0.2) is 22.4 Å². The first-order chi connectivity index (χ1) is 10.7. The minimum Gasteiger partial charge on any atom is -0.355 e. The smallest absolute Gasteiger partial charge is 0.323 e. The maximum atomic E-state index is 12.0. The second kappa shape index (κ2) is 6.30. The van der Waals surface area contributed by atoms with Crippen LogP contribution in [0.5, 0.6) is 0 Å². The number of nitrogens with one attached hydrogen (secondary N) is 3. The van der Waals surface area contributed by atoms with Gasteiger partial charge < -0.3 is 15.3 Å². The lowest BCUT2D eigenvalue weighted by atomic mass is 10.1. The topological polar surface area (TPSA) is 77.8 Å². The molecule has 0 spiro atoms. The van der Waals surface area contributed by atoms with Gasteiger partial charge in [0.05, 0.1) is 17.5 Å². The SMILES string of the molecule is O=C(Cc1ccc2[nH]c(=O)[nH]c2c1)NCCc1ccccc1. The van der Waals surface area contributed by atoms with Crippen molar-refractivity contribution in [2.45, 2.75) is 12.8 Å². The van der Waals surface area contributed by atoms with Crippen molar-refractivity contribution in [3.05, 3.63) is 70.1 Å². The summed E-state index contributed by atoms with van der Waals surface area (Å²) in [5, 5.41) is 2.91. The van der Waals surface area contributed by atoms with E-state index in [9.17, 15) is 9.59 Å². The zero-order valence-electron chi connectivity index (χ0n) is 12.1. The van der Waals surface area contributed by atoms with Gasteiger partial charge in [-0.3, -0.25) is 4.79 Å². The van der Waals surface area contributed by atoms with Gasteiger partial charge in [-0.2, -0.15) is 0 Å². The predicted octanol–water partition coefficient (Wildman–Crippen LogP) is 1.76. The Morgan fingerprint density at radius 1 is 0.955 bits per heavy atom. The summed E-state index contributed by atoms with van der Waals surface area (Å²) in [5.74, 6) is -0.0202. The van der Waals surface area contributed by atoms with Crippen LogP contribution in [0.15, 0.2) is 53.3 Å². The Morgan fingerprint density at radius 3 is 2.55 bits per heavy atom. The summed E-state index contributed by atoms with van der Waals surface area (Å²) >= 11 is 0. The number of aromatic nitrogens is 2. The molecule has 3 N–H and O–H groups in total. The van der Waals surface area contributed by atoms with E-state index in [1.165, 1.54) is 5.56 Å². The molecule has 5 nitrogen and oxygen atoms in total. The van der Waals surface area contributed by atoms with Crippen molar-refractivity contribution >= 4 is 16.9 Å². The number of carbonyl (C=O) groups excluding carboxylic acids is 1. The van der Waals surface area contributed by atoms with Crippen LogP contribution in [0.25, 0.3) is 11.0 Å². The number of carbonyl (C=O) groups is 1. The summed E-state index contributed by atoms with van der Waals surface area (Å²) in [6.45, 7) is 0.617. The van der Waals surface area contributed by atoms with Gasteiger partial charge in [-0.05, 0) is 29.7 Å². The van der Waals surface area contributed by atoms with Crippen LogP contribution < -0.4 is 11.0 Å². The first kappa shape index (κ1) is 14.1. The third kappa shape index (κ3) is 3.44. The summed E-state index contributed by atoms with van der Waals surface area (Å²) in [6.07, 6.45) is 1.12. The van der Waals surface area contributed by atoms with E-state index in [2.05, 4.69) is 15.3 Å². The summed E-state index contributed by atoms with van der Waals surface area (Å²) in [4.78, 5) is 28.5. The van der Waals surface area contributed by atoms with E-state index >= 15 is 0 Å². The van der Waals surface area contributed by atoms with Crippen molar-refractivity contribution < 1.29 is 4.79 Å². The number of fused-ring (bicyclic) bond motifs is 1. The molecule has 0 atom stereocenters. The minimum atomic E-state index is -0.237. The van der Waals surface area contributed by atoms with Gasteiger partial charge in [-0.1, -0.05) is 36.4 Å². The highest BCUT2D eigenvalue weighted by molar-refractivity contribution is 5.81. The fourth-order valence-electron chi connectivity index (χ4n) is 2.43. The normalized spacial score (nSPS) is 10.7. The monoisotopic (exact) mass is 295 g/mol. The molecule has 0 fully saturated rings. The van der Waals surface area contributed by atoms with Gasteiger partial charge in [0.25, 0.3) is 0 Å². The third-order valence-corrected chi connectivity index (χ3v) is 3.52.